The Morgan fingerprint density at radius 3 is 2.51 bits per heavy atom. The smallest absolute Gasteiger partial charge is 0.250 e. The van der Waals surface area contributed by atoms with E-state index in [1.54, 1.807) is 31.5 Å². The third-order valence-corrected chi connectivity index (χ3v) is 9.39. The first-order valence-corrected chi connectivity index (χ1v) is 15.6. The van der Waals surface area contributed by atoms with Crippen LogP contribution in [0.15, 0.2) is 79.9 Å². The maximum atomic E-state index is 14.7. The van der Waals surface area contributed by atoms with Gasteiger partial charge in [0, 0.05) is 32.8 Å². The third-order valence-electron chi connectivity index (χ3n) is 9.39. The fourth-order valence-corrected chi connectivity index (χ4v) is 7.48. The lowest BCUT2D eigenvalue weighted by atomic mass is 9.70. The van der Waals surface area contributed by atoms with E-state index in [0.29, 0.717) is 44.3 Å². The maximum Gasteiger partial charge on any atom is 0.250 e. The fraction of sp³-hybridized carbons (Fsp3) is 0.441. The van der Waals surface area contributed by atoms with Crippen molar-refractivity contribution in [1.29, 1.82) is 0 Å². The molecular weight excluding hydrogens is 572 g/mol. The second-order valence-electron chi connectivity index (χ2n) is 12.1. The lowest BCUT2D eigenvalue weighted by Crippen LogP contribution is -2.56. The SMILES string of the molecule is C=CCN(Cn1nnc2ccccc21)C(=O)C1N(CCCCO)C(=O)[C@@H]2[C@H](C(=O)N(CC=C)Cc3ccccc3)[C@@H]3CCC12O3. The minimum atomic E-state index is -1.13. The van der Waals surface area contributed by atoms with Gasteiger partial charge in [-0.15, -0.1) is 18.3 Å². The number of likely N-dealkylation sites (tertiary alicyclic amines) is 1. The van der Waals surface area contributed by atoms with Crippen molar-refractivity contribution in [3.63, 3.8) is 0 Å². The zero-order valence-corrected chi connectivity index (χ0v) is 25.4. The molecule has 1 spiro atoms. The summed E-state index contributed by atoms with van der Waals surface area (Å²) in [7, 11) is 0. The summed E-state index contributed by atoms with van der Waals surface area (Å²) < 4.78 is 8.34. The van der Waals surface area contributed by atoms with E-state index in [1.807, 2.05) is 54.6 Å². The molecule has 5 atom stereocenters. The number of aliphatic hydroxyl groups excluding tert-OH is 1. The molecule has 11 heteroatoms. The van der Waals surface area contributed by atoms with Crippen molar-refractivity contribution in [2.75, 3.05) is 26.2 Å². The number of unbranched alkanes of at least 4 members (excludes halogenated alkanes) is 1. The summed E-state index contributed by atoms with van der Waals surface area (Å²) in [5, 5.41) is 18.0. The minimum Gasteiger partial charge on any atom is -0.396 e. The molecule has 2 aromatic carbocycles. The Kier molecular flexibility index (Phi) is 8.82. The van der Waals surface area contributed by atoms with Crippen LogP contribution in [-0.2, 0) is 32.3 Å². The van der Waals surface area contributed by atoms with Crippen LogP contribution in [0.4, 0.5) is 0 Å². The summed E-state index contributed by atoms with van der Waals surface area (Å²) in [4.78, 5) is 48.3. The molecule has 2 unspecified atom stereocenters. The lowest BCUT2D eigenvalue weighted by Gasteiger charge is -2.37. The van der Waals surface area contributed by atoms with Crippen molar-refractivity contribution in [2.45, 2.75) is 56.6 Å². The summed E-state index contributed by atoms with van der Waals surface area (Å²) in [6.45, 7) is 9.03. The van der Waals surface area contributed by atoms with Crippen LogP contribution in [0.3, 0.4) is 0 Å². The predicted octanol–water partition coefficient (Wildman–Crippen LogP) is 2.77. The van der Waals surface area contributed by atoms with Crippen molar-refractivity contribution < 1.29 is 24.2 Å². The molecule has 0 radical (unpaired) electrons. The molecule has 3 aromatic rings. The molecule has 11 nitrogen and oxygen atoms in total. The fourth-order valence-electron chi connectivity index (χ4n) is 7.48. The molecule has 6 rings (SSSR count). The van der Waals surface area contributed by atoms with Crippen molar-refractivity contribution in [3.05, 3.63) is 85.5 Å². The van der Waals surface area contributed by atoms with Gasteiger partial charge >= 0.3 is 0 Å². The Morgan fingerprint density at radius 1 is 1.02 bits per heavy atom. The number of para-hydroxylation sites is 1. The van der Waals surface area contributed by atoms with Gasteiger partial charge in [-0.25, -0.2) is 4.68 Å². The van der Waals surface area contributed by atoms with Crippen molar-refractivity contribution in [2.24, 2.45) is 11.8 Å². The Balaban J connectivity index is 1.33. The highest BCUT2D eigenvalue weighted by Crippen LogP contribution is 2.59. The Bertz CT molecular complexity index is 1580. The molecule has 1 aromatic heterocycles. The van der Waals surface area contributed by atoms with E-state index in [9.17, 15) is 19.5 Å². The van der Waals surface area contributed by atoms with Crippen LogP contribution in [0.5, 0.6) is 0 Å². The predicted molar refractivity (Wildman–Crippen MR) is 167 cm³/mol. The standard InChI is InChI=1S/C34H40N6O5/c1-3-18-37(22-24-12-6-5-7-13-24)31(42)28-27-16-17-34(45-27)29(28)32(43)39(20-10-11-21-41)30(34)33(44)38(19-4-2)23-40-26-15-9-8-14-25(26)35-36-40/h3-9,12-15,27-30,41H,1-2,10-11,16-23H2/t27-,28+,29-,30?,34?/m0/s1. The van der Waals surface area contributed by atoms with Gasteiger partial charge in [-0.3, -0.25) is 14.4 Å². The number of nitrogens with zero attached hydrogens (tertiary/aromatic N) is 6. The molecule has 2 bridgehead atoms. The highest BCUT2D eigenvalue weighted by Gasteiger charge is 2.74. The van der Waals surface area contributed by atoms with E-state index in [4.69, 9.17) is 4.74 Å². The van der Waals surface area contributed by atoms with Crippen LogP contribution in [0.25, 0.3) is 11.0 Å². The molecule has 4 heterocycles. The number of aliphatic hydroxyl groups is 1. The third kappa shape index (κ3) is 5.44. The van der Waals surface area contributed by atoms with Gasteiger partial charge in [-0.1, -0.05) is 59.8 Å². The normalized spacial score (nSPS) is 25.0. The summed E-state index contributed by atoms with van der Waals surface area (Å²) in [6, 6.07) is 16.3. The van der Waals surface area contributed by atoms with Gasteiger partial charge in [0.05, 0.1) is 23.5 Å². The maximum absolute atomic E-state index is 14.7. The number of amides is 3. The Hall–Kier alpha value is -4.35. The van der Waals surface area contributed by atoms with Crippen LogP contribution in [0.2, 0.25) is 0 Å². The zero-order chi connectivity index (χ0) is 31.6. The van der Waals surface area contributed by atoms with Gasteiger partial charge in [-0.2, -0.15) is 0 Å². The van der Waals surface area contributed by atoms with Crippen LogP contribution >= 0.6 is 0 Å². The number of benzene rings is 2. The van der Waals surface area contributed by atoms with Crippen LogP contribution in [0.1, 0.15) is 31.2 Å². The van der Waals surface area contributed by atoms with Crippen LogP contribution in [0, 0.1) is 11.8 Å². The molecule has 3 aliphatic heterocycles. The monoisotopic (exact) mass is 612 g/mol. The molecule has 3 amide bonds. The lowest BCUT2D eigenvalue weighted by molar-refractivity contribution is -0.150. The van der Waals surface area contributed by atoms with E-state index in [1.165, 1.54) is 0 Å². The summed E-state index contributed by atoms with van der Waals surface area (Å²) >= 11 is 0. The Labute approximate surface area is 262 Å². The number of carbonyl (C=O) groups is 3. The molecular formula is C34H40N6O5. The van der Waals surface area contributed by atoms with Gasteiger partial charge in [0.15, 0.2) is 0 Å². The molecule has 0 aliphatic carbocycles. The van der Waals surface area contributed by atoms with E-state index in [0.717, 1.165) is 11.1 Å². The van der Waals surface area contributed by atoms with Crippen LogP contribution in [-0.4, -0.2) is 96.5 Å². The average molecular weight is 613 g/mol. The molecule has 1 N–H and O–H groups in total. The summed E-state index contributed by atoms with van der Waals surface area (Å²) in [6.07, 6.45) is 4.96. The van der Waals surface area contributed by atoms with Crippen molar-refractivity contribution in [3.8, 4) is 0 Å². The van der Waals surface area contributed by atoms with Gasteiger partial charge in [0.1, 0.15) is 23.8 Å². The van der Waals surface area contributed by atoms with Gasteiger partial charge in [-0.05, 0) is 43.4 Å². The average Bonchev–Trinajstić information content (AvgIpc) is 3.80. The van der Waals surface area contributed by atoms with Gasteiger partial charge in [0.25, 0.3) is 0 Å². The number of rotatable bonds is 14. The van der Waals surface area contributed by atoms with E-state index in [-0.39, 0.29) is 44.1 Å². The van der Waals surface area contributed by atoms with Crippen LogP contribution < -0.4 is 0 Å². The first kappa shape index (κ1) is 30.7. The van der Waals surface area contributed by atoms with Gasteiger partial charge in [0.2, 0.25) is 17.7 Å². The molecule has 3 fully saturated rings. The summed E-state index contributed by atoms with van der Waals surface area (Å²) in [5.41, 5.74) is 1.34. The molecule has 3 saturated heterocycles. The number of carbonyl (C=O) groups excluding carboxylic acids is 3. The largest absolute Gasteiger partial charge is 0.396 e. The van der Waals surface area contributed by atoms with E-state index < -0.39 is 29.6 Å². The zero-order valence-electron chi connectivity index (χ0n) is 25.4. The number of ether oxygens (including phenoxy) is 1. The first-order valence-electron chi connectivity index (χ1n) is 15.6. The number of hydrogen-bond donors (Lipinski definition) is 1. The van der Waals surface area contributed by atoms with Crippen molar-refractivity contribution >= 4 is 28.8 Å². The molecule has 236 valence electrons. The van der Waals surface area contributed by atoms with E-state index >= 15 is 0 Å². The minimum absolute atomic E-state index is 0.0210. The number of hydrogen-bond acceptors (Lipinski definition) is 7. The van der Waals surface area contributed by atoms with E-state index in [2.05, 4.69) is 23.5 Å². The number of aromatic nitrogens is 3. The molecule has 0 saturated carbocycles. The summed E-state index contributed by atoms with van der Waals surface area (Å²) in [5.74, 6) is -2.18. The quantitative estimate of drug-likeness (QED) is 0.220. The number of fused-ring (bicyclic) bond motifs is 2. The second-order valence-corrected chi connectivity index (χ2v) is 12.1. The molecule has 45 heavy (non-hydrogen) atoms. The molecule has 3 aliphatic rings. The first-order chi connectivity index (χ1) is 21.9. The van der Waals surface area contributed by atoms with Crippen molar-refractivity contribution in [1.82, 2.24) is 29.7 Å². The second kappa shape index (κ2) is 12.9. The highest BCUT2D eigenvalue weighted by molar-refractivity contribution is 5.99. The highest BCUT2D eigenvalue weighted by atomic mass is 16.5. The van der Waals surface area contributed by atoms with Gasteiger partial charge < -0.3 is 24.5 Å². The topological polar surface area (TPSA) is 121 Å². The Morgan fingerprint density at radius 2 is 1.76 bits per heavy atom.